The SMILES string of the molecule is CC1(C)c2cc(-c3ccccc3-c3ccccc3-c3c4ccccc4c(-c4ccccc4)c4c3ccc3ccccc34)ccc2-c2ccc3ccccc3c21. The fourth-order valence-electron chi connectivity index (χ4n) is 9.82. The van der Waals surface area contributed by atoms with Crippen LogP contribution in [0.15, 0.2) is 194 Å². The van der Waals surface area contributed by atoms with Crippen LogP contribution >= 0.6 is 0 Å². The molecule has 0 fully saturated rings. The summed E-state index contributed by atoms with van der Waals surface area (Å²) in [4.78, 5) is 0. The van der Waals surface area contributed by atoms with Crippen molar-refractivity contribution in [2.45, 2.75) is 19.3 Å². The first-order valence-corrected chi connectivity index (χ1v) is 19.4. The lowest BCUT2D eigenvalue weighted by molar-refractivity contribution is 0.666. The van der Waals surface area contributed by atoms with E-state index in [-0.39, 0.29) is 5.41 Å². The van der Waals surface area contributed by atoms with E-state index < -0.39 is 0 Å². The van der Waals surface area contributed by atoms with Crippen molar-refractivity contribution < 1.29 is 0 Å². The third kappa shape index (κ3) is 4.71. The molecule has 0 radical (unpaired) electrons. The van der Waals surface area contributed by atoms with Gasteiger partial charge >= 0.3 is 0 Å². The van der Waals surface area contributed by atoms with Gasteiger partial charge in [-0.1, -0.05) is 202 Å². The molecule has 0 spiro atoms. The van der Waals surface area contributed by atoms with Crippen molar-refractivity contribution in [1.29, 1.82) is 0 Å². The minimum atomic E-state index is -0.129. The first-order chi connectivity index (χ1) is 27.1. The molecule has 0 amide bonds. The lowest BCUT2D eigenvalue weighted by Gasteiger charge is -2.24. The van der Waals surface area contributed by atoms with E-state index in [0.717, 1.165) is 0 Å². The van der Waals surface area contributed by atoms with Gasteiger partial charge in [0.1, 0.15) is 0 Å². The molecular formula is C55H38. The van der Waals surface area contributed by atoms with Crippen LogP contribution in [0, 0.1) is 0 Å². The van der Waals surface area contributed by atoms with Gasteiger partial charge in [0.25, 0.3) is 0 Å². The second kappa shape index (κ2) is 12.1. The first kappa shape index (κ1) is 31.7. The molecule has 0 bridgehead atoms. The molecule has 0 saturated heterocycles. The molecule has 0 unspecified atom stereocenters. The zero-order chi connectivity index (χ0) is 36.7. The summed E-state index contributed by atoms with van der Waals surface area (Å²) in [6.07, 6.45) is 0. The molecule has 11 rings (SSSR count). The second-order valence-corrected chi connectivity index (χ2v) is 15.6. The quantitative estimate of drug-likeness (QED) is 0.127. The summed E-state index contributed by atoms with van der Waals surface area (Å²) in [5.74, 6) is 0. The van der Waals surface area contributed by atoms with Crippen LogP contribution in [-0.2, 0) is 5.41 Å². The van der Waals surface area contributed by atoms with E-state index in [9.17, 15) is 0 Å². The third-order valence-corrected chi connectivity index (χ3v) is 12.2. The number of fused-ring (bicyclic) bond motifs is 9. The first-order valence-electron chi connectivity index (χ1n) is 19.4. The fraction of sp³-hybridized carbons (Fsp3) is 0.0545. The molecule has 10 aromatic carbocycles. The minimum Gasteiger partial charge on any atom is -0.0622 e. The normalized spacial score (nSPS) is 13.1. The maximum Gasteiger partial charge on any atom is 0.0165 e. The molecule has 0 saturated carbocycles. The van der Waals surface area contributed by atoms with Crippen LogP contribution in [0.25, 0.3) is 98.7 Å². The Kier molecular flexibility index (Phi) is 7.00. The van der Waals surface area contributed by atoms with Crippen molar-refractivity contribution in [2.24, 2.45) is 0 Å². The fourth-order valence-corrected chi connectivity index (χ4v) is 9.82. The van der Waals surface area contributed by atoms with Gasteiger partial charge in [-0.25, -0.2) is 0 Å². The summed E-state index contributed by atoms with van der Waals surface area (Å²) in [5, 5.41) is 10.3. The summed E-state index contributed by atoms with van der Waals surface area (Å²) >= 11 is 0. The summed E-state index contributed by atoms with van der Waals surface area (Å²) < 4.78 is 0. The molecule has 10 aromatic rings. The maximum absolute atomic E-state index is 2.47. The van der Waals surface area contributed by atoms with Crippen molar-refractivity contribution in [1.82, 2.24) is 0 Å². The number of rotatable bonds is 4. The molecule has 1 aliphatic rings. The maximum atomic E-state index is 2.47. The highest BCUT2D eigenvalue weighted by molar-refractivity contribution is 6.28. The van der Waals surface area contributed by atoms with E-state index in [1.165, 1.54) is 110 Å². The molecule has 0 heterocycles. The molecule has 0 nitrogen and oxygen atoms in total. The summed E-state index contributed by atoms with van der Waals surface area (Å²) in [6.45, 7) is 4.79. The smallest absolute Gasteiger partial charge is 0.0165 e. The lowest BCUT2D eigenvalue weighted by Crippen LogP contribution is -2.15. The Labute approximate surface area is 322 Å². The van der Waals surface area contributed by atoms with Crippen LogP contribution < -0.4 is 0 Å². The van der Waals surface area contributed by atoms with Crippen LogP contribution in [0.5, 0.6) is 0 Å². The standard InChI is InChI=1S/C55H38/c1-55(2)50-34-38(30-31-44(50)48-32-28-36-17-7-9-22-41(36)54(48)55)39-20-10-11-23-42(39)43-24-12-13-25-45(43)52-47-27-15-14-26-46(47)51(37-18-4-3-5-19-37)53-40-21-8-6-16-35(40)29-33-49(52)53/h3-34H,1-2H3. The second-order valence-electron chi connectivity index (χ2n) is 15.6. The molecule has 0 heteroatoms. The molecule has 258 valence electrons. The summed E-state index contributed by atoms with van der Waals surface area (Å²) in [5.41, 5.74) is 15.4. The van der Waals surface area contributed by atoms with Crippen molar-refractivity contribution in [2.75, 3.05) is 0 Å². The van der Waals surface area contributed by atoms with Crippen molar-refractivity contribution >= 4 is 43.1 Å². The van der Waals surface area contributed by atoms with Crippen LogP contribution in [-0.4, -0.2) is 0 Å². The third-order valence-electron chi connectivity index (χ3n) is 12.2. The summed E-state index contributed by atoms with van der Waals surface area (Å²) in [7, 11) is 0. The van der Waals surface area contributed by atoms with Gasteiger partial charge in [0.2, 0.25) is 0 Å². The minimum absolute atomic E-state index is 0.129. The van der Waals surface area contributed by atoms with E-state index in [0.29, 0.717) is 0 Å². The Morgan fingerprint density at radius 3 is 1.58 bits per heavy atom. The van der Waals surface area contributed by atoms with Crippen LogP contribution in [0.1, 0.15) is 25.0 Å². The predicted octanol–water partition coefficient (Wildman–Crippen LogP) is 15.3. The molecule has 0 N–H and O–H groups in total. The van der Waals surface area contributed by atoms with E-state index in [2.05, 4.69) is 208 Å². The van der Waals surface area contributed by atoms with Gasteiger partial charge in [-0.2, -0.15) is 0 Å². The van der Waals surface area contributed by atoms with Gasteiger partial charge in [-0.05, 0) is 116 Å². The molecule has 0 aliphatic heterocycles. The number of hydrogen-bond acceptors (Lipinski definition) is 0. The molecular weight excluding hydrogens is 661 g/mol. The predicted molar refractivity (Wildman–Crippen MR) is 236 cm³/mol. The van der Waals surface area contributed by atoms with E-state index >= 15 is 0 Å². The Bertz CT molecular complexity index is 3160. The van der Waals surface area contributed by atoms with Gasteiger partial charge in [-0.3, -0.25) is 0 Å². The Balaban J connectivity index is 1.16. The Morgan fingerprint density at radius 2 is 0.836 bits per heavy atom. The van der Waals surface area contributed by atoms with Crippen LogP contribution in [0.2, 0.25) is 0 Å². The van der Waals surface area contributed by atoms with E-state index in [1.54, 1.807) is 0 Å². The largest absolute Gasteiger partial charge is 0.0622 e. The van der Waals surface area contributed by atoms with Gasteiger partial charge in [-0.15, -0.1) is 0 Å². The number of hydrogen-bond donors (Lipinski definition) is 0. The van der Waals surface area contributed by atoms with E-state index in [4.69, 9.17) is 0 Å². The van der Waals surface area contributed by atoms with Gasteiger partial charge < -0.3 is 0 Å². The highest BCUT2D eigenvalue weighted by Crippen LogP contribution is 2.53. The average molecular weight is 699 g/mol. The monoisotopic (exact) mass is 698 g/mol. The molecule has 0 atom stereocenters. The topological polar surface area (TPSA) is 0 Å². The average Bonchev–Trinajstić information content (AvgIpc) is 3.48. The Hall–Kier alpha value is -6.76. The van der Waals surface area contributed by atoms with Crippen molar-refractivity contribution in [3.05, 3.63) is 205 Å². The lowest BCUT2D eigenvalue weighted by atomic mass is 9.79. The van der Waals surface area contributed by atoms with Gasteiger partial charge in [0, 0.05) is 5.41 Å². The molecule has 55 heavy (non-hydrogen) atoms. The van der Waals surface area contributed by atoms with Crippen LogP contribution in [0.3, 0.4) is 0 Å². The Morgan fingerprint density at radius 1 is 0.309 bits per heavy atom. The van der Waals surface area contributed by atoms with Crippen molar-refractivity contribution in [3.8, 4) is 55.6 Å². The van der Waals surface area contributed by atoms with E-state index in [1.807, 2.05) is 0 Å². The molecule has 0 aromatic heterocycles. The van der Waals surface area contributed by atoms with Gasteiger partial charge in [0.05, 0.1) is 0 Å². The highest BCUT2D eigenvalue weighted by atomic mass is 14.4. The summed E-state index contributed by atoms with van der Waals surface area (Å²) in [6, 6.07) is 72.1. The zero-order valence-corrected chi connectivity index (χ0v) is 31.0. The zero-order valence-electron chi connectivity index (χ0n) is 31.0. The van der Waals surface area contributed by atoms with Crippen LogP contribution in [0.4, 0.5) is 0 Å². The number of benzene rings is 10. The highest BCUT2D eigenvalue weighted by Gasteiger charge is 2.37. The van der Waals surface area contributed by atoms with Crippen molar-refractivity contribution in [3.63, 3.8) is 0 Å². The van der Waals surface area contributed by atoms with Gasteiger partial charge in [0.15, 0.2) is 0 Å². The molecule has 1 aliphatic carbocycles.